The van der Waals surface area contributed by atoms with E-state index in [4.69, 9.17) is 23.2 Å². The van der Waals surface area contributed by atoms with Gasteiger partial charge in [0.05, 0.1) is 0 Å². The lowest BCUT2D eigenvalue weighted by Gasteiger charge is -2.25. The van der Waals surface area contributed by atoms with Crippen LogP contribution in [0.25, 0.3) is 0 Å². The minimum atomic E-state index is -0.242. The molecule has 1 N–H and O–H groups in total. The number of nitrogens with one attached hydrogen (secondary N) is 1. The van der Waals surface area contributed by atoms with E-state index in [1.165, 1.54) is 18.9 Å². The number of halogens is 3. The molecule has 18 heavy (non-hydrogen) atoms. The van der Waals surface area contributed by atoms with E-state index < -0.39 is 0 Å². The molecule has 1 aromatic rings. The van der Waals surface area contributed by atoms with Crippen LogP contribution in [0.5, 0.6) is 0 Å². The molecule has 0 saturated heterocycles. The molecule has 0 radical (unpaired) electrons. The lowest BCUT2D eigenvalue weighted by molar-refractivity contribution is 0.345. The topological polar surface area (TPSA) is 12.0 Å². The Morgan fingerprint density at radius 1 is 1.33 bits per heavy atom. The van der Waals surface area contributed by atoms with Crippen molar-refractivity contribution < 1.29 is 4.39 Å². The van der Waals surface area contributed by atoms with Gasteiger partial charge in [-0.15, -0.1) is 11.6 Å². The molecule has 0 spiro atoms. The quantitative estimate of drug-likeness (QED) is 0.812. The average molecular weight is 290 g/mol. The second-order valence-corrected chi connectivity index (χ2v) is 6.05. The van der Waals surface area contributed by atoms with E-state index in [-0.39, 0.29) is 5.82 Å². The van der Waals surface area contributed by atoms with Gasteiger partial charge in [0.15, 0.2) is 0 Å². The molecule has 100 valence electrons. The minimum Gasteiger partial charge on any atom is -0.312 e. The van der Waals surface area contributed by atoms with E-state index in [9.17, 15) is 4.39 Å². The van der Waals surface area contributed by atoms with Gasteiger partial charge in [0, 0.05) is 22.5 Å². The minimum absolute atomic E-state index is 0.242. The molecule has 2 atom stereocenters. The highest BCUT2D eigenvalue weighted by atomic mass is 35.5. The zero-order chi connectivity index (χ0) is 13.0. The molecule has 0 amide bonds. The molecule has 1 aliphatic carbocycles. The summed E-state index contributed by atoms with van der Waals surface area (Å²) in [5, 5.41) is 4.07. The molecule has 1 nitrogen and oxygen atoms in total. The molecule has 0 aliphatic heterocycles. The maximum atomic E-state index is 13.5. The Balaban J connectivity index is 1.77. The Bertz CT molecular complexity index is 397. The third-order valence-electron chi connectivity index (χ3n) is 3.48. The predicted molar refractivity (Wildman–Crippen MR) is 74.7 cm³/mol. The second-order valence-electron chi connectivity index (χ2n) is 5.00. The fourth-order valence-corrected chi connectivity index (χ4v) is 3.05. The summed E-state index contributed by atoms with van der Waals surface area (Å²) in [6.45, 7) is 1.46. The molecule has 1 aliphatic rings. The molecule has 2 unspecified atom stereocenters. The van der Waals surface area contributed by atoms with Crippen LogP contribution in [0.15, 0.2) is 18.2 Å². The summed E-state index contributed by atoms with van der Waals surface area (Å²) in [7, 11) is 0. The molecule has 1 aromatic carbocycles. The summed E-state index contributed by atoms with van der Waals surface area (Å²) < 4.78 is 13.5. The molecule has 1 saturated carbocycles. The van der Waals surface area contributed by atoms with Crippen LogP contribution in [0.1, 0.15) is 31.2 Å². The van der Waals surface area contributed by atoms with Gasteiger partial charge in [0.25, 0.3) is 0 Å². The van der Waals surface area contributed by atoms with Crippen molar-refractivity contribution in [2.75, 3.05) is 6.54 Å². The summed E-state index contributed by atoms with van der Waals surface area (Å²) in [5.74, 6) is 0.380. The molecule has 0 heterocycles. The summed E-state index contributed by atoms with van der Waals surface area (Å²) >= 11 is 11.9. The first-order chi connectivity index (χ1) is 8.65. The van der Waals surface area contributed by atoms with Crippen molar-refractivity contribution in [2.45, 2.75) is 37.6 Å². The third-order valence-corrected chi connectivity index (χ3v) is 4.11. The van der Waals surface area contributed by atoms with Gasteiger partial charge in [-0.3, -0.25) is 0 Å². The number of hydrogen-bond donors (Lipinski definition) is 1. The normalized spacial score (nSPS) is 24.2. The van der Waals surface area contributed by atoms with Crippen LogP contribution >= 0.6 is 23.2 Å². The van der Waals surface area contributed by atoms with Crippen molar-refractivity contribution in [1.29, 1.82) is 0 Å². The lowest BCUT2D eigenvalue weighted by atomic mass is 9.89. The first-order valence-corrected chi connectivity index (χ1v) is 7.25. The Morgan fingerprint density at radius 3 is 2.89 bits per heavy atom. The van der Waals surface area contributed by atoms with E-state index in [0.717, 1.165) is 19.4 Å². The Hall–Kier alpha value is -0.310. The van der Waals surface area contributed by atoms with Gasteiger partial charge in [-0.2, -0.15) is 0 Å². The molecule has 2 rings (SSSR count). The number of rotatable bonds is 4. The summed E-state index contributed by atoms with van der Waals surface area (Å²) in [4.78, 5) is 0. The van der Waals surface area contributed by atoms with E-state index in [0.29, 0.717) is 28.4 Å². The molecular formula is C14H18Cl2FN. The fraction of sp³-hybridized carbons (Fsp3) is 0.571. The highest BCUT2D eigenvalue weighted by Crippen LogP contribution is 2.27. The zero-order valence-corrected chi connectivity index (χ0v) is 11.8. The van der Waals surface area contributed by atoms with Crippen molar-refractivity contribution in [3.05, 3.63) is 34.6 Å². The van der Waals surface area contributed by atoms with Crippen LogP contribution < -0.4 is 5.32 Å². The molecule has 0 bridgehead atoms. The van der Waals surface area contributed by atoms with Crippen LogP contribution in [0.2, 0.25) is 5.02 Å². The third kappa shape index (κ3) is 4.11. The maximum Gasteiger partial charge on any atom is 0.129 e. The maximum absolute atomic E-state index is 13.5. The van der Waals surface area contributed by atoms with Gasteiger partial charge >= 0.3 is 0 Å². The van der Waals surface area contributed by atoms with Crippen LogP contribution in [0.4, 0.5) is 4.39 Å². The predicted octanol–water partition coefficient (Wildman–Crippen LogP) is 4.37. The van der Waals surface area contributed by atoms with Crippen molar-refractivity contribution in [1.82, 2.24) is 5.32 Å². The van der Waals surface area contributed by atoms with Gasteiger partial charge < -0.3 is 5.32 Å². The second kappa shape index (κ2) is 6.74. The summed E-state index contributed by atoms with van der Waals surface area (Å²) in [6.07, 6.45) is 4.62. The first kappa shape index (κ1) is 14.1. The average Bonchev–Trinajstić information content (AvgIpc) is 2.32. The zero-order valence-electron chi connectivity index (χ0n) is 10.3. The van der Waals surface area contributed by atoms with Crippen LogP contribution in [0, 0.1) is 11.7 Å². The Morgan fingerprint density at radius 2 is 2.17 bits per heavy atom. The summed E-state index contributed by atoms with van der Waals surface area (Å²) in [6, 6.07) is 4.81. The van der Waals surface area contributed by atoms with Gasteiger partial charge in [-0.05, 0) is 43.9 Å². The van der Waals surface area contributed by atoms with Crippen LogP contribution in [-0.2, 0) is 6.54 Å². The van der Waals surface area contributed by atoms with Gasteiger partial charge in [0.2, 0.25) is 0 Å². The highest BCUT2D eigenvalue weighted by Gasteiger charge is 2.19. The smallest absolute Gasteiger partial charge is 0.129 e. The van der Waals surface area contributed by atoms with E-state index in [2.05, 4.69) is 5.32 Å². The SMILES string of the molecule is Fc1cc(Cl)ccc1CNCC1CCCC(Cl)C1. The van der Waals surface area contributed by atoms with E-state index in [1.807, 2.05) is 0 Å². The Labute approximate surface area is 118 Å². The fourth-order valence-electron chi connectivity index (χ4n) is 2.49. The largest absolute Gasteiger partial charge is 0.312 e. The molecule has 4 heteroatoms. The number of alkyl halides is 1. The van der Waals surface area contributed by atoms with Crippen molar-refractivity contribution in [3.63, 3.8) is 0 Å². The monoisotopic (exact) mass is 289 g/mol. The van der Waals surface area contributed by atoms with Crippen molar-refractivity contribution in [2.24, 2.45) is 5.92 Å². The van der Waals surface area contributed by atoms with Gasteiger partial charge in [-0.25, -0.2) is 4.39 Å². The number of hydrogen-bond acceptors (Lipinski definition) is 1. The van der Waals surface area contributed by atoms with E-state index >= 15 is 0 Å². The first-order valence-electron chi connectivity index (χ1n) is 6.44. The van der Waals surface area contributed by atoms with Crippen LogP contribution in [0.3, 0.4) is 0 Å². The molecular weight excluding hydrogens is 272 g/mol. The van der Waals surface area contributed by atoms with Gasteiger partial charge in [0.1, 0.15) is 5.82 Å². The Kier molecular flexibility index (Phi) is 5.28. The number of benzene rings is 1. The summed E-state index contributed by atoms with van der Waals surface area (Å²) in [5.41, 5.74) is 0.664. The molecule has 1 fully saturated rings. The lowest BCUT2D eigenvalue weighted by Crippen LogP contribution is -2.27. The van der Waals surface area contributed by atoms with E-state index in [1.54, 1.807) is 12.1 Å². The molecule has 0 aromatic heterocycles. The van der Waals surface area contributed by atoms with Crippen molar-refractivity contribution in [3.8, 4) is 0 Å². The van der Waals surface area contributed by atoms with Crippen molar-refractivity contribution >= 4 is 23.2 Å². The highest BCUT2D eigenvalue weighted by molar-refractivity contribution is 6.30. The van der Waals surface area contributed by atoms with Crippen LogP contribution in [-0.4, -0.2) is 11.9 Å². The standard InChI is InChI=1S/C14H18Cl2FN/c15-12-3-1-2-10(6-12)8-18-9-11-4-5-13(16)7-14(11)17/h4-5,7,10,12,18H,1-3,6,8-9H2. The van der Waals surface area contributed by atoms with Gasteiger partial charge in [-0.1, -0.05) is 24.1 Å².